The van der Waals surface area contributed by atoms with Crippen LogP contribution < -0.4 is 4.90 Å². The van der Waals surface area contributed by atoms with E-state index in [9.17, 15) is 4.79 Å². The number of nitrogens with zero attached hydrogens (tertiary/aromatic N) is 3. The molecule has 2 unspecified atom stereocenters. The van der Waals surface area contributed by atoms with Crippen LogP contribution in [0.3, 0.4) is 0 Å². The molecule has 2 aromatic carbocycles. The SMILES string of the molecule is CCOC(=O)c1ccc2nc(N3C4CC[C@H]3CC(OCc3c(-c5ccccc5C)noc3C3CC3)C4)sc2c1. The molecule has 0 amide bonds. The number of esters is 1. The van der Waals surface area contributed by atoms with Crippen molar-refractivity contribution in [3.63, 3.8) is 0 Å². The number of thiazole rings is 1. The summed E-state index contributed by atoms with van der Waals surface area (Å²) in [4.78, 5) is 19.7. The second-order valence-electron chi connectivity index (χ2n) is 11.1. The average Bonchev–Trinajstić information content (AvgIpc) is 3.46. The molecule has 3 aliphatic rings. The van der Waals surface area contributed by atoms with Gasteiger partial charge in [-0.3, -0.25) is 0 Å². The van der Waals surface area contributed by atoms with E-state index in [0.717, 1.165) is 63.6 Å². The summed E-state index contributed by atoms with van der Waals surface area (Å²) in [5.74, 6) is 1.22. The second-order valence-corrected chi connectivity index (χ2v) is 12.1. The molecule has 1 saturated carbocycles. The summed E-state index contributed by atoms with van der Waals surface area (Å²) < 4.78 is 18.7. The summed E-state index contributed by atoms with van der Waals surface area (Å²) in [5.41, 5.74) is 5.91. The third-order valence-electron chi connectivity index (χ3n) is 8.43. The van der Waals surface area contributed by atoms with Gasteiger partial charge in [0.15, 0.2) is 5.13 Å². The number of fused-ring (bicyclic) bond motifs is 3. The van der Waals surface area contributed by atoms with Gasteiger partial charge >= 0.3 is 5.97 Å². The molecular formula is C31H33N3O4S. The zero-order chi connectivity index (χ0) is 26.5. The maximum atomic E-state index is 12.2. The number of hydrogen-bond acceptors (Lipinski definition) is 8. The van der Waals surface area contributed by atoms with E-state index in [2.05, 4.69) is 41.2 Å². The van der Waals surface area contributed by atoms with Gasteiger partial charge in [0.1, 0.15) is 11.5 Å². The van der Waals surface area contributed by atoms with Crippen LogP contribution in [0.4, 0.5) is 5.13 Å². The van der Waals surface area contributed by atoms with Gasteiger partial charge in [-0.25, -0.2) is 9.78 Å². The fourth-order valence-electron chi connectivity index (χ4n) is 6.32. The van der Waals surface area contributed by atoms with Crippen molar-refractivity contribution >= 4 is 32.7 Å². The van der Waals surface area contributed by atoms with Gasteiger partial charge in [0, 0.05) is 29.1 Å². The fraction of sp³-hybridized carbons (Fsp3) is 0.452. The molecule has 2 saturated heterocycles. The summed E-state index contributed by atoms with van der Waals surface area (Å²) in [6.45, 7) is 4.86. The Labute approximate surface area is 232 Å². The van der Waals surface area contributed by atoms with Crippen LogP contribution in [0.25, 0.3) is 21.5 Å². The van der Waals surface area contributed by atoms with Crippen LogP contribution in [0.2, 0.25) is 0 Å². The maximum absolute atomic E-state index is 12.2. The number of hydrogen-bond donors (Lipinski definition) is 0. The number of ether oxygens (including phenoxy) is 2. The van der Waals surface area contributed by atoms with E-state index in [1.165, 1.54) is 18.4 Å². The molecular weight excluding hydrogens is 510 g/mol. The van der Waals surface area contributed by atoms with E-state index in [4.69, 9.17) is 19.0 Å². The molecule has 4 heterocycles. The second kappa shape index (κ2) is 10.1. The predicted molar refractivity (Wildman–Crippen MR) is 151 cm³/mol. The van der Waals surface area contributed by atoms with Crippen LogP contribution in [0.15, 0.2) is 47.0 Å². The van der Waals surface area contributed by atoms with Gasteiger partial charge in [-0.15, -0.1) is 0 Å². The van der Waals surface area contributed by atoms with E-state index in [-0.39, 0.29) is 12.1 Å². The number of piperidine rings is 1. The molecule has 0 spiro atoms. The van der Waals surface area contributed by atoms with Crippen LogP contribution in [0.1, 0.15) is 78.6 Å². The van der Waals surface area contributed by atoms with E-state index >= 15 is 0 Å². The quantitative estimate of drug-likeness (QED) is 0.221. The molecule has 2 aromatic heterocycles. The normalized spacial score (nSPS) is 22.5. The highest BCUT2D eigenvalue weighted by Gasteiger charge is 2.43. The zero-order valence-electron chi connectivity index (χ0n) is 22.4. The lowest BCUT2D eigenvalue weighted by molar-refractivity contribution is 0.0147. The first-order valence-corrected chi connectivity index (χ1v) is 14.9. The molecule has 2 bridgehead atoms. The Morgan fingerprint density at radius 1 is 1.10 bits per heavy atom. The molecule has 1 aliphatic carbocycles. The van der Waals surface area contributed by atoms with E-state index in [1.807, 2.05) is 25.1 Å². The largest absolute Gasteiger partial charge is 0.462 e. The Bertz CT molecular complexity index is 1510. The first-order valence-electron chi connectivity index (χ1n) is 14.1. The molecule has 2 aliphatic heterocycles. The minimum Gasteiger partial charge on any atom is -0.462 e. The molecule has 0 radical (unpaired) electrons. The molecule has 8 heteroatoms. The van der Waals surface area contributed by atoms with Crippen LogP contribution >= 0.6 is 11.3 Å². The van der Waals surface area contributed by atoms with Gasteiger partial charge in [-0.2, -0.15) is 0 Å². The first-order chi connectivity index (χ1) is 19.1. The molecule has 39 heavy (non-hydrogen) atoms. The Morgan fingerprint density at radius 2 is 1.90 bits per heavy atom. The molecule has 7 nitrogen and oxygen atoms in total. The molecule has 202 valence electrons. The van der Waals surface area contributed by atoms with Crippen molar-refractivity contribution in [2.75, 3.05) is 11.5 Å². The van der Waals surface area contributed by atoms with Crippen molar-refractivity contribution in [1.29, 1.82) is 0 Å². The van der Waals surface area contributed by atoms with Gasteiger partial charge in [0.25, 0.3) is 0 Å². The predicted octanol–water partition coefficient (Wildman–Crippen LogP) is 7.03. The van der Waals surface area contributed by atoms with Crippen molar-refractivity contribution in [2.45, 2.75) is 83.1 Å². The van der Waals surface area contributed by atoms with Crippen LogP contribution in [-0.2, 0) is 16.1 Å². The van der Waals surface area contributed by atoms with E-state index in [0.29, 0.717) is 36.8 Å². The molecule has 7 rings (SSSR count). The highest BCUT2D eigenvalue weighted by atomic mass is 32.1. The Kier molecular flexibility index (Phi) is 6.40. The smallest absolute Gasteiger partial charge is 0.338 e. The van der Waals surface area contributed by atoms with E-state index < -0.39 is 0 Å². The number of benzene rings is 2. The lowest BCUT2D eigenvalue weighted by Crippen LogP contribution is -2.45. The Hall–Kier alpha value is -3.23. The van der Waals surface area contributed by atoms with Crippen molar-refractivity contribution in [3.05, 3.63) is 64.9 Å². The number of carbonyl (C=O) groups is 1. The third kappa shape index (κ3) is 4.63. The zero-order valence-corrected chi connectivity index (χ0v) is 23.2. The minimum atomic E-state index is -0.282. The molecule has 0 N–H and O–H groups in total. The number of carbonyl (C=O) groups excluding carboxylic acids is 1. The number of rotatable bonds is 8. The summed E-state index contributed by atoms with van der Waals surface area (Å²) in [7, 11) is 0. The maximum Gasteiger partial charge on any atom is 0.338 e. The van der Waals surface area contributed by atoms with Gasteiger partial charge in [0.2, 0.25) is 0 Å². The number of aromatic nitrogens is 2. The van der Waals surface area contributed by atoms with Crippen LogP contribution in [0, 0.1) is 6.92 Å². The standard InChI is InChI=1S/C31H33N3O4S/c1-3-36-30(35)20-10-13-26-27(14-20)39-31(32-26)34-21-11-12-22(34)16-23(15-21)37-17-25-28(24-7-5-4-6-18(24)2)33-38-29(25)19-8-9-19/h4-7,10,13-14,19,21-23H,3,8-9,11-12,15-17H2,1-2H3/t21-,22?,23?/m0/s1. The van der Waals surface area contributed by atoms with Gasteiger partial charge in [0.05, 0.1) is 35.1 Å². The monoisotopic (exact) mass is 543 g/mol. The van der Waals surface area contributed by atoms with Crippen molar-refractivity contribution in [3.8, 4) is 11.3 Å². The van der Waals surface area contributed by atoms with Crippen molar-refractivity contribution in [1.82, 2.24) is 10.1 Å². The summed E-state index contributed by atoms with van der Waals surface area (Å²) in [6.07, 6.45) is 6.83. The summed E-state index contributed by atoms with van der Waals surface area (Å²) >= 11 is 1.67. The fourth-order valence-corrected chi connectivity index (χ4v) is 7.47. The highest BCUT2D eigenvalue weighted by molar-refractivity contribution is 7.22. The van der Waals surface area contributed by atoms with Crippen molar-refractivity contribution in [2.24, 2.45) is 0 Å². The Morgan fingerprint density at radius 3 is 2.64 bits per heavy atom. The topological polar surface area (TPSA) is 77.7 Å². The highest BCUT2D eigenvalue weighted by Crippen LogP contribution is 2.46. The van der Waals surface area contributed by atoms with Crippen LogP contribution in [-0.4, -0.2) is 40.9 Å². The van der Waals surface area contributed by atoms with Crippen molar-refractivity contribution < 1.29 is 18.8 Å². The summed E-state index contributed by atoms with van der Waals surface area (Å²) in [6, 6.07) is 14.9. The lowest BCUT2D eigenvalue weighted by Gasteiger charge is -2.38. The van der Waals surface area contributed by atoms with Crippen LogP contribution in [0.5, 0.6) is 0 Å². The van der Waals surface area contributed by atoms with Gasteiger partial charge in [-0.1, -0.05) is 40.8 Å². The molecule has 3 atom stereocenters. The lowest BCUT2D eigenvalue weighted by atomic mass is 9.99. The third-order valence-corrected chi connectivity index (χ3v) is 9.46. The minimum absolute atomic E-state index is 0.204. The number of aryl methyl sites for hydroxylation is 1. The average molecular weight is 544 g/mol. The van der Waals surface area contributed by atoms with Gasteiger partial charge < -0.3 is 18.9 Å². The summed E-state index contributed by atoms with van der Waals surface area (Å²) in [5, 5.41) is 5.57. The molecule has 3 fully saturated rings. The molecule has 4 aromatic rings. The first kappa shape index (κ1) is 24.8. The van der Waals surface area contributed by atoms with E-state index in [1.54, 1.807) is 11.3 Å². The number of anilines is 1. The van der Waals surface area contributed by atoms with Gasteiger partial charge in [-0.05, 0) is 76.1 Å². The Balaban J connectivity index is 1.07.